The van der Waals surface area contributed by atoms with Crippen LogP contribution >= 0.6 is 47.8 Å². The van der Waals surface area contributed by atoms with E-state index in [9.17, 15) is 0 Å². The summed E-state index contributed by atoms with van der Waals surface area (Å²) in [7, 11) is 0. The summed E-state index contributed by atoms with van der Waals surface area (Å²) in [6, 6.07) is 17.1. The van der Waals surface area contributed by atoms with Gasteiger partial charge in [-0.25, -0.2) is 0 Å². The molecule has 0 spiro atoms. The van der Waals surface area contributed by atoms with Crippen LogP contribution in [0.15, 0.2) is 57.5 Å². The Bertz CT molecular complexity index is 523. The van der Waals surface area contributed by atoms with E-state index < -0.39 is 0 Å². The Morgan fingerprint density at radius 2 is 1.56 bits per heavy atom. The first-order valence-corrected chi connectivity index (χ1v) is 8.45. The molecule has 94 valence electrons. The predicted molar refractivity (Wildman–Crippen MR) is 88.5 cm³/mol. The Morgan fingerprint density at radius 1 is 0.889 bits per heavy atom. The van der Waals surface area contributed by atoms with Gasteiger partial charge in [0, 0.05) is 14.3 Å². The second kappa shape index (κ2) is 6.88. The van der Waals surface area contributed by atoms with Gasteiger partial charge >= 0.3 is 0 Å². The molecule has 0 aliphatic rings. The van der Waals surface area contributed by atoms with E-state index in [-0.39, 0.29) is 0 Å². The fourth-order valence-electron chi connectivity index (χ4n) is 1.97. The average molecular weight is 433 g/mol. The molecule has 0 N–H and O–H groups in total. The van der Waals surface area contributed by atoms with Gasteiger partial charge in [0.2, 0.25) is 0 Å². The smallest absolute Gasteiger partial charge is 0.0178 e. The fourth-order valence-corrected chi connectivity index (χ4v) is 3.44. The Morgan fingerprint density at radius 3 is 2.17 bits per heavy atom. The maximum atomic E-state index is 3.63. The molecule has 0 bridgehead atoms. The molecule has 1 unspecified atom stereocenters. The first kappa shape index (κ1) is 14.3. The van der Waals surface area contributed by atoms with Crippen molar-refractivity contribution in [3.63, 3.8) is 0 Å². The number of benzene rings is 2. The highest BCUT2D eigenvalue weighted by atomic mass is 79.9. The molecule has 0 heterocycles. The summed E-state index contributed by atoms with van der Waals surface area (Å²) in [6.45, 7) is 0. The molecular formula is C15H13Br3. The van der Waals surface area contributed by atoms with Crippen LogP contribution in [0.4, 0.5) is 0 Å². The third-order valence-corrected chi connectivity index (χ3v) is 4.65. The Kier molecular flexibility index (Phi) is 5.46. The lowest BCUT2D eigenvalue weighted by molar-refractivity contribution is 0.774. The van der Waals surface area contributed by atoms with Gasteiger partial charge in [-0.15, -0.1) is 0 Å². The SMILES string of the molecule is BrCC(Cc1cccc(Br)c1)c1cccc(Br)c1. The van der Waals surface area contributed by atoms with E-state index in [0.29, 0.717) is 5.92 Å². The van der Waals surface area contributed by atoms with Crippen molar-refractivity contribution in [1.82, 2.24) is 0 Å². The number of alkyl halides is 1. The standard InChI is InChI=1S/C15H13Br3/c16-10-13(12-4-2-6-15(18)9-12)7-11-3-1-5-14(17)8-11/h1-6,8-9,13H,7,10H2. The number of rotatable bonds is 4. The number of hydrogen-bond acceptors (Lipinski definition) is 0. The van der Waals surface area contributed by atoms with Gasteiger partial charge in [0.05, 0.1) is 0 Å². The minimum atomic E-state index is 0.497. The molecule has 0 nitrogen and oxygen atoms in total. The van der Waals surface area contributed by atoms with Crippen LogP contribution in [0.5, 0.6) is 0 Å². The van der Waals surface area contributed by atoms with Crippen LogP contribution in [0, 0.1) is 0 Å². The molecule has 0 aromatic heterocycles. The highest BCUT2D eigenvalue weighted by Gasteiger charge is 2.11. The monoisotopic (exact) mass is 430 g/mol. The van der Waals surface area contributed by atoms with Crippen molar-refractivity contribution in [2.24, 2.45) is 0 Å². The minimum absolute atomic E-state index is 0.497. The van der Waals surface area contributed by atoms with Crippen LogP contribution in [0.2, 0.25) is 0 Å². The minimum Gasteiger partial charge on any atom is -0.0921 e. The highest BCUT2D eigenvalue weighted by Crippen LogP contribution is 2.26. The third-order valence-electron chi connectivity index (χ3n) is 2.88. The van der Waals surface area contributed by atoms with Crippen molar-refractivity contribution in [1.29, 1.82) is 0 Å². The summed E-state index contributed by atoms with van der Waals surface area (Å²) in [5.41, 5.74) is 2.72. The molecule has 2 aromatic rings. The number of halogens is 3. The first-order chi connectivity index (χ1) is 8.69. The maximum absolute atomic E-state index is 3.63. The van der Waals surface area contributed by atoms with E-state index in [0.717, 1.165) is 20.7 Å². The largest absolute Gasteiger partial charge is 0.0921 e. The Balaban J connectivity index is 2.19. The summed E-state index contributed by atoms with van der Waals surface area (Å²) >= 11 is 10.7. The summed E-state index contributed by atoms with van der Waals surface area (Å²) in [6.07, 6.45) is 1.04. The third kappa shape index (κ3) is 3.94. The first-order valence-electron chi connectivity index (χ1n) is 5.75. The zero-order chi connectivity index (χ0) is 13.0. The summed E-state index contributed by atoms with van der Waals surface area (Å²) in [5.74, 6) is 0.497. The van der Waals surface area contributed by atoms with Crippen molar-refractivity contribution in [3.8, 4) is 0 Å². The van der Waals surface area contributed by atoms with Crippen molar-refractivity contribution in [2.45, 2.75) is 12.3 Å². The Hall–Kier alpha value is -0.120. The molecule has 1 atom stereocenters. The molecular weight excluding hydrogens is 420 g/mol. The molecule has 0 fully saturated rings. The van der Waals surface area contributed by atoms with Gasteiger partial charge in [-0.2, -0.15) is 0 Å². The van der Waals surface area contributed by atoms with Crippen LogP contribution in [0.25, 0.3) is 0 Å². The lowest BCUT2D eigenvalue weighted by Gasteiger charge is -2.15. The lowest BCUT2D eigenvalue weighted by Crippen LogP contribution is -2.04. The zero-order valence-corrected chi connectivity index (χ0v) is 14.5. The maximum Gasteiger partial charge on any atom is 0.0178 e. The molecule has 0 saturated heterocycles. The van der Waals surface area contributed by atoms with Gasteiger partial charge in [0.25, 0.3) is 0 Å². The van der Waals surface area contributed by atoms with E-state index in [4.69, 9.17) is 0 Å². The second-order valence-corrected chi connectivity index (χ2v) is 6.72. The van der Waals surface area contributed by atoms with Crippen LogP contribution in [0.1, 0.15) is 17.0 Å². The second-order valence-electron chi connectivity index (χ2n) is 4.24. The molecule has 0 aliphatic heterocycles. The predicted octanol–water partition coefficient (Wildman–Crippen LogP) is 5.93. The molecule has 2 rings (SSSR count). The van der Waals surface area contributed by atoms with E-state index in [1.54, 1.807) is 0 Å². The van der Waals surface area contributed by atoms with Gasteiger partial charge in [0.15, 0.2) is 0 Å². The lowest BCUT2D eigenvalue weighted by atomic mass is 9.94. The van der Waals surface area contributed by atoms with Crippen LogP contribution < -0.4 is 0 Å². The van der Waals surface area contributed by atoms with E-state index >= 15 is 0 Å². The Labute approximate surface area is 133 Å². The van der Waals surface area contributed by atoms with Gasteiger partial charge in [-0.1, -0.05) is 72.1 Å². The van der Waals surface area contributed by atoms with Crippen molar-refractivity contribution >= 4 is 47.8 Å². The van der Waals surface area contributed by atoms with Crippen molar-refractivity contribution in [3.05, 3.63) is 68.6 Å². The summed E-state index contributed by atoms with van der Waals surface area (Å²) in [4.78, 5) is 0. The summed E-state index contributed by atoms with van der Waals surface area (Å²) in [5, 5.41) is 0.968. The van der Waals surface area contributed by atoms with Gasteiger partial charge in [-0.3, -0.25) is 0 Å². The molecule has 0 amide bonds. The van der Waals surface area contributed by atoms with Gasteiger partial charge in [-0.05, 0) is 47.7 Å². The normalized spacial score (nSPS) is 12.4. The van der Waals surface area contributed by atoms with Gasteiger partial charge < -0.3 is 0 Å². The van der Waals surface area contributed by atoms with Crippen LogP contribution in [-0.4, -0.2) is 5.33 Å². The van der Waals surface area contributed by atoms with Crippen molar-refractivity contribution < 1.29 is 0 Å². The molecule has 18 heavy (non-hydrogen) atoms. The molecule has 0 radical (unpaired) electrons. The molecule has 2 aromatic carbocycles. The highest BCUT2D eigenvalue weighted by molar-refractivity contribution is 9.10. The quantitative estimate of drug-likeness (QED) is 0.525. The molecule has 3 heteroatoms. The number of hydrogen-bond donors (Lipinski definition) is 0. The van der Waals surface area contributed by atoms with Crippen molar-refractivity contribution in [2.75, 3.05) is 5.33 Å². The fraction of sp³-hybridized carbons (Fsp3) is 0.200. The average Bonchev–Trinajstić information content (AvgIpc) is 2.36. The van der Waals surface area contributed by atoms with Gasteiger partial charge in [0.1, 0.15) is 0 Å². The topological polar surface area (TPSA) is 0 Å². The van der Waals surface area contributed by atoms with Crippen LogP contribution in [0.3, 0.4) is 0 Å². The molecule has 0 aliphatic carbocycles. The van der Waals surface area contributed by atoms with E-state index in [1.165, 1.54) is 11.1 Å². The molecule has 0 saturated carbocycles. The summed E-state index contributed by atoms with van der Waals surface area (Å²) < 4.78 is 2.28. The zero-order valence-electron chi connectivity index (χ0n) is 9.74. The van der Waals surface area contributed by atoms with E-state index in [1.807, 2.05) is 0 Å². The van der Waals surface area contributed by atoms with Crippen LogP contribution in [-0.2, 0) is 6.42 Å². The van der Waals surface area contributed by atoms with E-state index in [2.05, 4.69) is 96.3 Å².